The van der Waals surface area contributed by atoms with E-state index in [0.717, 1.165) is 44.3 Å². The number of hydrogen-bond donors (Lipinski definition) is 0. The fraction of sp³-hybridized carbons (Fsp3) is 0.400. The van der Waals surface area contributed by atoms with Crippen LogP contribution in [0.2, 0.25) is 0 Å². The van der Waals surface area contributed by atoms with Crippen LogP contribution in [0.1, 0.15) is 38.3 Å². The summed E-state index contributed by atoms with van der Waals surface area (Å²) in [5, 5.41) is 0. The maximum Gasteiger partial charge on any atom is 0.425 e. The third-order valence-electron chi connectivity index (χ3n) is 5.17. The molecule has 0 spiro atoms. The molecule has 7 heteroatoms. The van der Waals surface area contributed by atoms with Crippen LogP contribution in [0.25, 0.3) is 16.9 Å². The summed E-state index contributed by atoms with van der Waals surface area (Å²) in [5.74, 6) is 0.113. The Morgan fingerprint density at radius 2 is 2.07 bits per heavy atom. The molecule has 3 aromatic rings. The molecule has 0 bridgehead atoms. The molecule has 2 aromatic heterocycles. The van der Waals surface area contributed by atoms with Crippen molar-refractivity contribution in [1.82, 2.24) is 19.4 Å². The van der Waals surface area contributed by atoms with E-state index in [4.69, 9.17) is 4.42 Å². The quantitative estimate of drug-likeness (QED) is 0.709. The Morgan fingerprint density at radius 1 is 1.22 bits per heavy atom. The average Bonchev–Trinajstić information content (AvgIpc) is 3.02. The van der Waals surface area contributed by atoms with Crippen molar-refractivity contribution in [1.29, 1.82) is 0 Å². The largest absolute Gasteiger partial charge is 0.425 e. The van der Waals surface area contributed by atoms with Crippen LogP contribution < -0.4 is 5.76 Å². The molecule has 0 unspecified atom stereocenters. The van der Waals surface area contributed by atoms with E-state index in [1.165, 1.54) is 4.57 Å². The van der Waals surface area contributed by atoms with Gasteiger partial charge >= 0.3 is 5.76 Å². The first-order chi connectivity index (χ1) is 13.1. The van der Waals surface area contributed by atoms with Gasteiger partial charge in [0.2, 0.25) is 5.91 Å². The highest BCUT2D eigenvalue weighted by Gasteiger charge is 2.24. The molecule has 1 amide bonds. The number of fused-ring (bicyclic) bond motifs is 1. The van der Waals surface area contributed by atoms with Crippen LogP contribution in [-0.2, 0) is 11.2 Å². The van der Waals surface area contributed by atoms with Crippen LogP contribution in [0, 0.1) is 0 Å². The molecule has 7 nitrogen and oxygen atoms in total. The fourth-order valence-electron chi connectivity index (χ4n) is 3.81. The molecule has 1 atom stereocenters. The first kappa shape index (κ1) is 17.5. The van der Waals surface area contributed by atoms with Gasteiger partial charge in [0.25, 0.3) is 0 Å². The van der Waals surface area contributed by atoms with Crippen LogP contribution in [-0.4, -0.2) is 37.9 Å². The topological polar surface area (TPSA) is 81.2 Å². The van der Waals surface area contributed by atoms with Crippen molar-refractivity contribution in [3.05, 3.63) is 52.9 Å². The Labute approximate surface area is 156 Å². The minimum absolute atomic E-state index is 0.146. The molecule has 27 heavy (non-hydrogen) atoms. The summed E-state index contributed by atoms with van der Waals surface area (Å²) < 4.78 is 6.67. The Kier molecular flexibility index (Phi) is 4.75. The number of amides is 1. The summed E-state index contributed by atoms with van der Waals surface area (Å²) in [6.07, 6.45) is 8.22. The number of benzene rings is 1. The fourth-order valence-corrected chi connectivity index (χ4v) is 3.81. The van der Waals surface area contributed by atoms with Crippen LogP contribution in [0.5, 0.6) is 0 Å². The van der Waals surface area contributed by atoms with E-state index in [1.54, 1.807) is 25.4 Å². The summed E-state index contributed by atoms with van der Waals surface area (Å²) in [6.45, 7) is 2.49. The minimum atomic E-state index is -0.474. The lowest BCUT2D eigenvalue weighted by Crippen LogP contribution is -2.42. The second-order valence-electron chi connectivity index (χ2n) is 6.94. The molecule has 3 heterocycles. The standard InChI is InChI=1S/C20H22N4O3/c1-14(25)23-11-5-4-6-16(23)10-9-15-12-22-19(13-21-15)24-17-7-2-3-8-18(17)27-20(24)26/h2-3,7-8,12-13,16H,4-6,9-11H2,1H3/t16-/m0/s1. The third kappa shape index (κ3) is 3.49. The molecule has 4 rings (SSSR count). The predicted molar refractivity (Wildman–Crippen MR) is 101 cm³/mol. The maximum absolute atomic E-state index is 12.1. The number of aryl methyl sites for hydroxylation is 1. The van der Waals surface area contributed by atoms with Crippen molar-refractivity contribution >= 4 is 17.0 Å². The molecule has 0 saturated carbocycles. The van der Waals surface area contributed by atoms with E-state index in [9.17, 15) is 9.59 Å². The molecule has 1 aliphatic rings. The van der Waals surface area contributed by atoms with Gasteiger partial charge in [0.1, 0.15) is 0 Å². The molecular formula is C20H22N4O3. The first-order valence-corrected chi connectivity index (χ1v) is 9.32. The van der Waals surface area contributed by atoms with Crippen LogP contribution in [0.4, 0.5) is 0 Å². The van der Waals surface area contributed by atoms with Gasteiger partial charge in [0.15, 0.2) is 11.4 Å². The summed E-state index contributed by atoms with van der Waals surface area (Å²) in [5.41, 5.74) is 2.05. The molecule has 1 fully saturated rings. The lowest BCUT2D eigenvalue weighted by Gasteiger charge is -2.35. The van der Waals surface area contributed by atoms with Gasteiger partial charge in [-0.1, -0.05) is 12.1 Å². The van der Waals surface area contributed by atoms with E-state index < -0.39 is 5.76 Å². The SMILES string of the molecule is CC(=O)N1CCCC[C@H]1CCc1cnc(-n2c(=O)oc3ccccc32)cn1. The zero-order chi connectivity index (χ0) is 18.8. The maximum atomic E-state index is 12.1. The minimum Gasteiger partial charge on any atom is -0.407 e. The van der Waals surface area contributed by atoms with Crippen molar-refractivity contribution in [2.75, 3.05) is 6.54 Å². The lowest BCUT2D eigenvalue weighted by molar-refractivity contribution is -0.132. The number of likely N-dealkylation sites (tertiary alicyclic amines) is 1. The van der Waals surface area contributed by atoms with Crippen molar-refractivity contribution in [2.24, 2.45) is 0 Å². The van der Waals surface area contributed by atoms with Gasteiger partial charge in [-0.15, -0.1) is 0 Å². The number of rotatable bonds is 4. The van der Waals surface area contributed by atoms with E-state index in [0.29, 0.717) is 16.9 Å². The van der Waals surface area contributed by atoms with Crippen LogP contribution in [0.15, 0.2) is 45.9 Å². The third-order valence-corrected chi connectivity index (χ3v) is 5.17. The normalized spacial score (nSPS) is 17.4. The molecule has 0 radical (unpaired) electrons. The Balaban J connectivity index is 1.50. The highest BCUT2D eigenvalue weighted by molar-refractivity contribution is 5.74. The Morgan fingerprint density at radius 3 is 2.85 bits per heavy atom. The summed E-state index contributed by atoms with van der Waals surface area (Å²) >= 11 is 0. The van der Waals surface area contributed by atoms with Crippen LogP contribution in [0.3, 0.4) is 0 Å². The number of carbonyl (C=O) groups is 1. The Hall–Kier alpha value is -2.96. The molecule has 0 N–H and O–H groups in total. The molecule has 1 saturated heterocycles. The average molecular weight is 366 g/mol. The number of oxazole rings is 1. The monoisotopic (exact) mass is 366 g/mol. The zero-order valence-corrected chi connectivity index (χ0v) is 15.3. The number of piperidine rings is 1. The summed E-state index contributed by atoms with van der Waals surface area (Å²) in [4.78, 5) is 34.8. The zero-order valence-electron chi connectivity index (χ0n) is 15.3. The summed E-state index contributed by atoms with van der Waals surface area (Å²) in [7, 11) is 0. The van der Waals surface area contributed by atoms with Crippen molar-refractivity contribution in [3.63, 3.8) is 0 Å². The van der Waals surface area contributed by atoms with E-state index in [2.05, 4.69) is 9.97 Å². The van der Waals surface area contributed by atoms with Gasteiger partial charge in [-0.3, -0.25) is 9.78 Å². The first-order valence-electron chi connectivity index (χ1n) is 9.32. The van der Waals surface area contributed by atoms with E-state index in [1.807, 2.05) is 23.1 Å². The molecular weight excluding hydrogens is 344 g/mol. The van der Waals surface area contributed by atoms with Crippen molar-refractivity contribution in [3.8, 4) is 5.82 Å². The number of hydrogen-bond acceptors (Lipinski definition) is 5. The lowest BCUT2D eigenvalue weighted by atomic mass is 9.97. The number of carbonyl (C=O) groups excluding carboxylic acids is 1. The summed E-state index contributed by atoms with van der Waals surface area (Å²) in [6, 6.07) is 7.51. The van der Waals surface area contributed by atoms with Crippen LogP contribution >= 0.6 is 0 Å². The predicted octanol–water partition coefficient (Wildman–Crippen LogP) is 2.71. The smallest absolute Gasteiger partial charge is 0.407 e. The van der Waals surface area contributed by atoms with Gasteiger partial charge in [0, 0.05) is 19.5 Å². The number of nitrogens with zero attached hydrogens (tertiary/aromatic N) is 4. The van der Waals surface area contributed by atoms with Gasteiger partial charge in [-0.05, 0) is 44.2 Å². The van der Waals surface area contributed by atoms with Crippen molar-refractivity contribution < 1.29 is 9.21 Å². The number of para-hydroxylation sites is 2. The second kappa shape index (κ2) is 7.34. The van der Waals surface area contributed by atoms with Gasteiger partial charge in [-0.25, -0.2) is 14.3 Å². The highest BCUT2D eigenvalue weighted by Crippen LogP contribution is 2.21. The number of aromatic nitrogens is 3. The van der Waals surface area contributed by atoms with Crippen molar-refractivity contribution in [2.45, 2.75) is 45.1 Å². The molecule has 0 aliphatic carbocycles. The van der Waals surface area contributed by atoms with Gasteiger partial charge in [-0.2, -0.15) is 0 Å². The highest BCUT2D eigenvalue weighted by atomic mass is 16.4. The van der Waals surface area contributed by atoms with Gasteiger partial charge < -0.3 is 9.32 Å². The van der Waals surface area contributed by atoms with Gasteiger partial charge in [0.05, 0.1) is 23.6 Å². The molecule has 140 valence electrons. The Bertz CT molecular complexity index is 1010. The molecule has 1 aliphatic heterocycles. The molecule has 1 aromatic carbocycles. The van der Waals surface area contributed by atoms with E-state index in [-0.39, 0.29) is 11.9 Å². The second-order valence-corrected chi connectivity index (χ2v) is 6.94. The van der Waals surface area contributed by atoms with E-state index >= 15 is 0 Å².